The summed E-state index contributed by atoms with van der Waals surface area (Å²) < 4.78 is 22.4. The molecular formula is C17H28ClIN4O2S. The van der Waals surface area contributed by atoms with Crippen LogP contribution in [-0.4, -0.2) is 58.6 Å². The zero-order valence-electron chi connectivity index (χ0n) is 15.2. The van der Waals surface area contributed by atoms with Gasteiger partial charge in [-0.05, 0) is 38.0 Å². The van der Waals surface area contributed by atoms with Gasteiger partial charge in [-0.1, -0.05) is 17.7 Å². The number of aliphatic imine (C=N–C) groups is 1. The number of sulfone groups is 1. The predicted octanol–water partition coefficient (Wildman–Crippen LogP) is 2.53. The lowest BCUT2D eigenvalue weighted by Crippen LogP contribution is -2.44. The van der Waals surface area contributed by atoms with Gasteiger partial charge in [0, 0.05) is 49.2 Å². The zero-order valence-corrected chi connectivity index (χ0v) is 19.1. The first-order valence-electron chi connectivity index (χ1n) is 8.60. The van der Waals surface area contributed by atoms with Crippen LogP contribution in [0.15, 0.2) is 29.3 Å². The Bertz CT molecular complexity index is 700. The molecule has 0 radical (unpaired) electrons. The molecule has 0 aliphatic carbocycles. The molecule has 1 heterocycles. The molecule has 1 fully saturated rings. The summed E-state index contributed by atoms with van der Waals surface area (Å²) in [5.41, 5.74) is 1.13. The number of rotatable bonds is 7. The van der Waals surface area contributed by atoms with Gasteiger partial charge in [-0.25, -0.2) is 8.42 Å². The molecule has 0 aromatic heterocycles. The molecule has 6 nitrogen and oxygen atoms in total. The lowest BCUT2D eigenvalue weighted by atomic mass is 10.2. The van der Waals surface area contributed by atoms with E-state index in [9.17, 15) is 8.42 Å². The Morgan fingerprint density at radius 2 is 2.19 bits per heavy atom. The van der Waals surface area contributed by atoms with E-state index >= 15 is 0 Å². The number of halogens is 2. The van der Waals surface area contributed by atoms with Crippen LogP contribution in [0.5, 0.6) is 0 Å². The number of guanidine groups is 1. The minimum Gasteiger partial charge on any atom is -0.369 e. The van der Waals surface area contributed by atoms with Crippen molar-refractivity contribution in [3.63, 3.8) is 0 Å². The summed E-state index contributed by atoms with van der Waals surface area (Å²) in [6.45, 7) is 5.12. The van der Waals surface area contributed by atoms with Gasteiger partial charge in [0.15, 0.2) is 5.96 Å². The van der Waals surface area contributed by atoms with Crippen LogP contribution in [0.2, 0.25) is 5.02 Å². The van der Waals surface area contributed by atoms with Crippen LogP contribution in [0.4, 0.5) is 5.69 Å². The van der Waals surface area contributed by atoms with Gasteiger partial charge in [0.05, 0.1) is 5.75 Å². The van der Waals surface area contributed by atoms with E-state index in [0.29, 0.717) is 19.0 Å². The normalized spacial score (nSPS) is 17.7. The van der Waals surface area contributed by atoms with Crippen molar-refractivity contribution in [1.82, 2.24) is 10.6 Å². The summed E-state index contributed by atoms with van der Waals surface area (Å²) >= 11 is 6.07. The van der Waals surface area contributed by atoms with Crippen molar-refractivity contribution in [1.29, 1.82) is 0 Å². The summed E-state index contributed by atoms with van der Waals surface area (Å²) in [6.07, 6.45) is 2.80. The lowest BCUT2D eigenvalue weighted by molar-refractivity contribution is 0.599. The third-order valence-electron chi connectivity index (χ3n) is 3.99. The number of benzene rings is 1. The molecule has 1 aliphatic heterocycles. The van der Waals surface area contributed by atoms with Gasteiger partial charge in [0.1, 0.15) is 9.84 Å². The minimum atomic E-state index is -2.93. The molecule has 148 valence electrons. The number of hydrogen-bond acceptors (Lipinski definition) is 4. The van der Waals surface area contributed by atoms with Crippen molar-refractivity contribution >= 4 is 57.1 Å². The van der Waals surface area contributed by atoms with Crippen molar-refractivity contribution in [3.05, 3.63) is 29.3 Å². The fourth-order valence-electron chi connectivity index (χ4n) is 2.82. The van der Waals surface area contributed by atoms with Crippen LogP contribution < -0.4 is 15.5 Å². The Morgan fingerprint density at radius 3 is 2.85 bits per heavy atom. The molecule has 0 amide bonds. The van der Waals surface area contributed by atoms with Crippen molar-refractivity contribution in [2.24, 2.45) is 4.99 Å². The van der Waals surface area contributed by atoms with E-state index in [1.807, 2.05) is 25.1 Å². The molecule has 9 heteroatoms. The quantitative estimate of drug-likeness (QED) is 0.253. The van der Waals surface area contributed by atoms with Gasteiger partial charge in [-0.3, -0.25) is 4.99 Å². The molecule has 0 bridgehead atoms. The van der Waals surface area contributed by atoms with E-state index in [0.717, 1.165) is 42.7 Å². The highest BCUT2D eigenvalue weighted by Crippen LogP contribution is 2.23. The van der Waals surface area contributed by atoms with E-state index in [1.54, 1.807) is 0 Å². The van der Waals surface area contributed by atoms with Crippen molar-refractivity contribution in [3.8, 4) is 0 Å². The molecule has 0 saturated carbocycles. The van der Waals surface area contributed by atoms with Gasteiger partial charge < -0.3 is 15.5 Å². The Morgan fingerprint density at radius 1 is 1.42 bits per heavy atom. The summed E-state index contributed by atoms with van der Waals surface area (Å²) in [4.78, 5) is 6.78. The fourth-order valence-corrected chi connectivity index (χ4v) is 3.65. The molecule has 2 rings (SSSR count). The third kappa shape index (κ3) is 8.30. The Hall–Kier alpha value is -0.740. The maximum Gasteiger partial charge on any atom is 0.191 e. The third-order valence-corrected chi connectivity index (χ3v) is 5.26. The van der Waals surface area contributed by atoms with Gasteiger partial charge >= 0.3 is 0 Å². The van der Waals surface area contributed by atoms with Crippen LogP contribution in [0.1, 0.15) is 19.8 Å². The van der Waals surface area contributed by atoms with Crippen LogP contribution in [0, 0.1) is 0 Å². The fraction of sp³-hybridized carbons (Fsp3) is 0.588. The molecule has 1 unspecified atom stereocenters. The van der Waals surface area contributed by atoms with Gasteiger partial charge in [0.25, 0.3) is 0 Å². The lowest BCUT2D eigenvalue weighted by Gasteiger charge is -2.20. The average molecular weight is 515 g/mol. The monoisotopic (exact) mass is 514 g/mol. The highest BCUT2D eigenvalue weighted by molar-refractivity contribution is 14.0. The van der Waals surface area contributed by atoms with Crippen LogP contribution in [-0.2, 0) is 9.84 Å². The summed E-state index contributed by atoms with van der Waals surface area (Å²) in [6, 6.07) is 8.19. The number of nitrogens with zero attached hydrogens (tertiary/aromatic N) is 2. The minimum absolute atomic E-state index is 0. The zero-order chi connectivity index (χ0) is 18.3. The molecule has 1 aliphatic rings. The Balaban J connectivity index is 0.00000338. The largest absolute Gasteiger partial charge is 0.369 e. The first kappa shape index (κ1) is 23.3. The number of nitrogens with one attached hydrogen (secondary N) is 2. The molecule has 2 N–H and O–H groups in total. The van der Waals surface area contributed by atoms with E-state index in [-0.39, 0.29) is 29.7 Å². The Labute approximate surface area is 178 Å². The summed E-state index contributed by atoms with van der Waals surface area (Å²) in [5, 5.41) is 7.41. The average Bonchev–Trinajstić information content (AvgIpc) is 2.99. The van der Waals surface area contributed by atoms with E-state index in [4.69, 9.17) is 11.6 Å². The molecular weight excluding hydrogens is 487 g/mol. The SMILES string of the molecule is CCNC(=NCCCS(C)(=O)=O)NC1CCN(c2cccc(Cl)c2)C1.I. The second kappa shape index (κ2) is 11.2. The van der Waals surface area contributed by atoms with Crippen molar-refractivity contribution in [2.75, 3.05) is 43.1 Å². The highest BCUT2D eigenvalue weighted by atomic mass is 127. The Kier molecular flexibility index (Phi) is 10.0. The predicted molar refractivity (Wildman–Crippen MR) is 121 cm³/mol. The van der Waals surface area contributed by atoms with E-state index < -0.39 is 9.84 Å². The van der Waals surface area contributed by atoms with Crippen molar-refractivity contribution in [2.45, 2.75) is 25.8 Å². The van der Waals surface area contributed by atoms with Crippen LogP contribution >= 0.6 is 35.6 Å². The van der Waals surface area contributed by atoms with Gasteiger partial charge in [0.2, 0.25) is 0 Å². The molecule has 1 aromatic rings. The summed E-state index contributed by atoms with van der Waals surface area (Å²) in [5.74, 6) is 0.913. The first-order chi connectivity index (χ1) is 11.9. The number of hydrogen-bond donors (Lipinski definition) is 2. The van der Waals surface area contributed by atoms with Crippen LogP contribution in [0.3, 0.4) is 0 Å². The standard InChI is InChI=1S/C17H27ClN4O2S.HI/c1-3-19-17(20-9-5-11-25(2,23)24)21-15-8-10-22(13-15)16-7-4-6-14(18)12-16;/h4,6-7,12,15H,3,5,8-11,13H2,1-2H3,(H2,19,20,21);1H. The maximum atomic E-state index is 11.2. The second-order valence-electron chi connectivity index (χ2n) is 6.30. The summed E-state index contributed by atoms with van der Waals surface area (Å²) in [7, 11) is -2.93. The smallest absolute Gasteiger partial charge is 0.191 e. The first-order valence-corrected chi connectivity index (χ1v) is 11.0. The van der Waals surface area contributed by atoms with E-state index in [1.165, 1.54) is 6.26 Å². The van der Waals surface area contributed by atoms with E-state index in [2.05, 4.69) is 26.6 Å². The topological polar surface area (TPSA) is 73.8 Å². The van der Waals surface area contributed by atoms with Crippen molar-refractivity contribution < 1.29 is 8.42 Å². The molecule has 1 atom stereocenters. The van der Waals surface area contributed by atoms with Gasteiger partial charge in [-0.15, -0.1) is 24.0 Å². The van der Waals surface area contributed by atoms with Crippen LogP contribution in [0.25, 0.3) is 0 Å². The highest BCUT2D eigenvalue weighted by Gasteiger charge is 2.23. The number of anilines is 1. The second-order valence-corrected chi connectivity index (χ2v) is 9.00. The molecule has 0 spiro atoms. The molecule has 26 heavy (non-hydrogen) atoms. The maximum absolute atomic E-state index is 11.2. The molecule has 1 saturated heterocycles. The van der Waals surface area contributed by atoms with Gasteiger partial charge in [-0.2, -0.15) is 0 Å². The molecule has 1 aromatic carbocycles.